The first-order valence-corrected chi connectivity index (χ1v) is 4.24. The Balaban J connectivity index is 2.32. The van der Waals surface area contributed by atoms with Crippen LogP contribution in [-0.4, -0.2) is 10.8 Å². The Labute approximate surface area is 71.6 Å². The van der Waals surface area contributed by atoms with E-state index in [0.717, 1.165) is 11.3 Å². The highest BCUT2D eigenvalue weighted by Gasteiger charge is 2.25. The van der Waals surface area contributed by atoms with Crippen molar-refractivity contribution in [2.45, 2.75) is 25.7 Å². The Hall–Kier alpha value is -1.18. The molecule has 0 amide bonds. The number of Topliss-reactive ketones (excluding diaryl/α,β-unsaturated/α-hetero) is 1. The predicted molar refractivity (Wildman–Crippen MR) is 46.2 cm³/mol. The van der Waals surface area contributed by atoms with Gasteiger partial charge in [-0.2, -0.15) is 0 Å². The van der Waals surface area contributed by atoms with Gasteiger partial charge in [-0.3, -0.25) is 9.78 Å². The predicted octanol–water partition coefficient (Wildman–Crippen LogP) is 2.16. The zero-order valence-corrected chi connectivity index (χ0v) is 7.08. The molecule has 0 spiro atoms. The standard InChI is InChI=1S/C10H11NO/c1-7(12)9-4-5-11-10(6-9)8-2-3-8/h4-6,8H,2-3H2,1H3. The summed E-state index contributed by atoms with van der Waals surface area (Å²) in [5.41, 5.74) is 1.87. The Morgan fingerprint density at radius 3 is 2.92 bits per heavy atom. The second kappa shape index (κ2) is 2.70. The van der Waals surface area contributed by atoms with E-state index in [9.17, 15) is 4.79 Å². The number of aromatic nitrogens is 1. The van der Waals surface area contributed by atoms with E-state index in [-0.39, 0.29) is 5.78 Å². The first kappa shape index (κ1) is 7.47. The lowest BCUT2D eigenvalue weighted by atomic mass is 10.1. The quantitative estimate of drug-likeness (QED) is 0.622. The zero-order chi connectivity index (χ0) is 8.55. The SMILES string of the molecule is CC(=O)c1ccnc(C2CC2)c1. The first-order valence-electron chi connectivity index (χ1n) is 4.24. The molecule has 0 bridgehead atoms. The van der Waals surface area contributed by atoms with Crippen LogP contribution >= 0.6 is 0 Å². The smallest absolute Gasteiger partial charge is 0.159 e. The number of hydrogen-bond donors (Lipinski definition) is 0. The van der Waals surface area contributed by atoms with E-state index in [1.165, 1.54) is 12.8 Å². The highest BCUT2D eigenvalue weighted by atomic mass is 16.1. The molecule has 1 aliphatic carbocycles. The molecule has 1 aromatic rings. The lowest BCUT2D eigenvalue weighted by molar-refractivity contribution is 0.101. The lowest BCUT2D eigenvalue weighted by Crippen LogP contribution is -1.95. The maximum atomic E-state index is 11.0. The number of carbonyl (C=O) groups is 1. The van der Waals surface area contributed by atoms with Crippen molar-refractivity contribution in [1.82, 2.24) is 4.98 Å². The molecule has 0 aliphatic heterocycles. The third-order valence-electron chi connectivity index (χ3n) is 2.18. The minimum Gasteiger partial charge on any atom is -0.295 e. The van der Waals surface area contributed by atoms with Crippen molar-refractivity contribution in [3.63, 3.8) is 0 Å². The van der Waals surface area contributed by atoms with Crippen molar-refractivity contribution < 1.29 is 4.79 Å². The van der Waals surface area contributed by atoms with Gasteiger partial charge in [0.1, 0.15) is 0 Å². The third kappa shape index (κ3) is 1.37. The van der Waals surface area contributed by atoms with Crippen LogP contribution in [0.3, 0.4) is 0 Å². The number of hydrogen-bond acceptors (Lipinski definition) is 2. The van der Waals surface area contributed by atoms with Gasteiger partial charge in [-0.05, 0) is 31.9 Å². The largest absolute Gasteiger partial charge is 0.295 e. The van der Waals surface area contributed by atoms with E-state index in [2.05, 4.69) is 4.98 Å². The highest BCUT2D eigenvalue weighted by Crippen LogP contribution is 2.38. The zero-order valence-electron chi connectivity index (χ0n) is 7.08. The Morgan fingerprint density at radius 1 is 1.58 bits per heavy atom. The number of rotatable bonds is 2. The van der Waals surface area contributed by atoms with Gasteiger partial charge in [0.05, 0.1) is 0 Å². The summed E-state index contributed by atoms with van der Waals surface area (Å²) in [5.74, 6) is 0.753. The highest BCUT2D eigenvalue weighted by molar-refractivity contribution is 5.94. The lowest BCUT2D eigenvalue weighted by Gasteiger charge is -1.98. The number of nitrogens with zero attached hydrogens (tertiary/aromatic N) is 1. The van der Waals surface area contributed by atoms with Gasteiger partial charge in [-0.25, -0.2) is 0 Å². The van der Waals surface area contributed by atoms with Crippen LogP contribution in [0, 0.1) is 0 Å². The van der Waals surface area contributed by atoms with Gasteiger partial charge in [0.15, 0.2) is 5.78 Å². The molecule has 1 aromatic heterocycles. The summed E-state index contributed by atoms with van der Waals surface area (Å²) in [5, 5.41) is 0. The second-order valence-electron chi connectivity index (χ2n) is 3.30. The molecule has 0 unspecified atom stereocenters. The molecule has 12 heavy (non-hydrogen) atoms. The molecule has 0 N–H and O–H groups in total. The molecule has 1 heterocycles. The Morgan fingerprint density at radius 2 is 2.33 bits per heavy atom. The Bertz CT molecular complexity index is 315. The van der Waals surface area contributed by atoms with Crippen LogP contribution in [0.15, 0.2) is 18.3 Å². The summed E-state index contributed by atoms with van der Waals surface area (Å²) in [6.45, 7) is 1.59. The van der Waals surface area contributed by atoms with E-state index in [0.29, 0.717) is 5.92 Å². The van der Waals surface area contributed by atoms with E-state index < -0.39 is 0 Å². The summed E-state index contributed by atoms with van der Waals surface area (Å²) in [7, 11) is 0. The van der Waals surface area contributed by atoms with Gasteiger partial charge in [0.2, 0.25) is 0 Å². The molecule has 2 heteroatoms. The van der Waals surface area contributed by atoms with Gasteiger partial charge in [0.25, 0.3) is 0 Å². The normalized spacial score (nSPS) is 16.1. The van der Waals surface area contributed by atoms with Crippen molar-refractivity contribution in [1.29, 1.82) is 0 Å². The molecule has 0 saturated heterocycles. The summed E-state index contributed by atoms with van der Waals surface area (Å²) >= 11 is 0. The molecule has 2 nitrogen and oxygen atoms in total. The van der Waals surface area contributed by atoms with Crippen molar-refractivity contribution in [2.75, 3.05) is 0 Å². The van der Waals surface area contributed by atoms with Gasteiger partial charge in [-0.15, -0.1) is 0 Å². The number of carbonyl (C=O) groups excluding carboxylic acids is 1. The summed E-state index contributed by atoms with van der Waals surface area (Å²) in [6, 6.07) is 3.69. The fourth-order valence-corrected chi connectivity index (χ4v) is 1.27. The number of ketones is 1. The van der Waals surface area contributed by atoms with E-state index >= 15 is 0 Å². The second-order valence-corrected chi connectivity index (χ2v) is 3.30. The van der Waals surface area contributed by atoms with Gasteiger partial charge >= 0.3 is 0 Å². The fourth-order valence-electron chi connectivity index (χ4n) is 1.27. The maximum absolute atomic E-state index is 11.0. The molecule has 2 rings (SSSR count). The van der Waals surface area contributed by atoms with Crippen molar-refractivity contribution in [3.05, 3.63) is 29.6 Å². The molecular formula is C10H11NO. The minimum absolute atomic E-state index is 0.124. The monoisotopic (exact) mass is 161 g/mol. The molecule has 0 atom stereocenters. The van der Waals surface area contributed by atoms with Crippen LogP contribution in [0.25, 0.3) is 0 Å². The fraction of sp³-hybridized carbons (Fsp3) is 0.400. The van der Waals surface area contributed by atoms with Gasteiger partial charge < -0.3 is 0 Å². The molecule has 1 fully saturated rings. The van der Waals surface area contributed by atoms with E-state index in [1.54, 1.807) is 19.2 Å². The van der Waals surface area contributed by atoms with E-state index in [1.807, 2.05) is 6.07 Å². The first-order chi connectivity index (χ1) is 5.77. The number of pyridine rings is 1. The molecule has 1 aliphatic rings. The molecule has 0 aromatic carbocycles. The summed E-state index contributed by atoms with van der Waals surface area (Å²) < 4.78 is 0. The van der Waals surface area contributed by atoms with Crippen molar-refractivity contribution in [2.24, 2.45) is 0 Å². The molecule has 0 radical (unpaired) electrons. The van der Waals surface area contributed by atoms with Crippen LogP contribution in [0.5, 0.6) is 0 Å². The minimum atomic E-state index is 0.124. The van der Waals surface area contributed by atoms with E-state index in [4.69, 9.17) is 0 Å². The summed E-state index contributed by atoms with van der Waals surface area (Å²) in [6.07, 6.45) is 4.19. The Kier molecular flexibility index (Phi) is 1.68. The molecule has 62 valence electrons. The third-order valence-corrected chi connectivity index (χ3v) is 2.18. The molecule has 1 saturated carbocycles. The van der Waals surface area contributed by atoms with Crippen LogP contribution in [-0.2, 0) is 0 Å². The van der Waals surface area contributed by atoms with Crippen molar-refractivity contribution in [3.8, 4) is 0 Å². The van der Waals surface area contributed by atoms with Crippen LogP contribution in [0.2, 0.25) is 0 Å². The van der Waals surface area contributed by atoms with Crippen LogP contribution in [0.4, 0.5) is 0 Å². The summed E-state index contributed by atoms with van der Waals surface area (Å²) in [4.78, 5) is 15.2. The topological polar surface area (TPSA) is 30.0 Å². The van der Waals surface area contributed by atoms with Gasteiger partial charge in [-0.1, -0.05) is 0 Å². The van der Waals surface area contributed by atoms with Crippen LogP contribution < -0.4 is 0 Å². The average Bonchev–Trinajstić information content (AvgIpc) is 2.87. The average molecular weight is 161 g/mol. The maximum Gasteiger partial charge on any atom is 0.159 e. The molecular weight excluding hydrogens is 150 g/mol. The van der Waals surface area contributed by atoms with Crippen molar-refractivity contribution >= 4 is 5.78 Å². The van der Waals surface area contributed by atoms with Crippen LogP contribution in [0.1, 0.15) is 41.7 Å². The van der Waals surface area contributed by atoms with Gasteiger partial charge in [0, 0.05) is 23.4 Å².